The fraction of sp³-hybridized carbons (Fsp3) is 0.200. The topological polar surface area (TPSA) is 75.2 Å². The largest absolute Gasteiger partial charge is 0.494 e. The normalized spacial score (nSPS) is 10.7. The number of H-pyrrole nitrogens is 1. The molecule has 0 unspecified atom stereocenters. The molecule has 2 N–H and O–H groups in total. The van der Waals surface area contributed by atoms with Crippen LogP contribution in [0.2, 0.25) is 0 Å². The number of carboxylic acid groups (broad SMARTS) is 1. The van der Waals surface area contributed by atoms with Crippen LogP contribution in [0.15, 0.2) is 10.5 Å². The molecule has 0 bridgehead atoms. The van der Waals surface area contributed by atoms with Gasteiger partial charge >= 0.3 is 5.97 Å². The van der Waals surface area contributed by atoms with E-state index in [4.69, 9.17) is 9.84 Å². The van der Waals surface area contributed by atoms with Crippen molar-refractivity contribution < 1.29 is 14.6 Å². The lowest BCUT2D eigenvalue weighted by atomic mass is 10.1. The molecule has 0 saturated heterocycles. The number of nitrogens with one attached hydrogen (secondary N) is 1. The Labute approximate surface area is 99.6 Å². The van der Waals surface area contributed by atoms with E-state index in [1.807, 2.05) is 0 Å². The van der Waals surface area contributed by atoms with Gasteiger partial charge in [-0.2, -0.15) is 0 Å². The Bertz CT molecular complexity index is 577. The first kappa shape index (κ1) is 10.9. The summed E-state index contributed by atoms with van der Waals surface area (Å²) in [5.74, 6) is -0.0328. The molecule has 0 aliphatic heterocycles. The highest BCUT2D eigenvalue weighted by Crippen LogP contribution is 2.33. The summed E-state index contributed by atoms with van der Waals surface area (Å²) >= 11 is 3.29. The molecule has 0 amide bonds. The Balaban J connectivity index is 2.89. The second-order valence-corrected chi connectivity index (χ2v) is 4.14. The van der Waals surface area contributed by atoms with Crippen LogP contribution in [0.1, 0.15) is 16.2 Å². The third-order valence-corrected chi connectivity index (χ3v) is 2.83. The van der Waals surface area contributed by atoms with Crippen molar-refractivity contribution in [3.8, 4) is 5.75 Å². The number of aromatic nitrogens is 2. The number of hydrogen-bond acceptors (Lipinski definition) is 3. The van der Waals surface area contributed by atoms with E-state index in [9.17, 15) is 4.79 Å². The van der Waals surface area contributed by atoms with Crippen LogP contribution >= 0.6 is 15.9 Å². The Morgan fingerprint density at radius 1 is 1.62 bits per heavy atom. The SMILES string of the molecule is COc1c(C(=O)O)cc(Br)c2nc(C)[nH]c12. The lowest BCUT2D eigenvalue weighted by molar-refractivity contribution is 0.0693. The van der Waals surface area contributed by atoms with E-state index in [1.165, 1.54) is 13.2 Å². The summed E-state index contributed by atoms with van der Waals surface area (Å²) in [5, 5.41) is 9.05. The molecule has 84 valence electrons. The molecular formula is C10H9BrN2O3. The van der Waals surface area contributed by atoms with Gasteiger partial charge in [-0.3, -0.25) is 0 Å². The van der Waals surface area contributed by atoms with Gasteiger partial charge in [0.05, 0.1) is 7.11 Å². The van der Waals surface area contributed by atoms with Crippen molar-refractivity contribution in [2.75, 3.05) is 7.11 Å². The highest BCUT2D eigenvalue weighted by atomic mass is 79.9. The number of benzene rings is 1. The second-order valence-electron chi connectivity index (χ2n) is 3.29. The van der Waals surface area contributed by atoms with Gasteiger partial charge in [-0.1, -0.05) is 0 Å². The molecule has 1 aromatic heterocycles. The fourth-order valence-corrected chi connectivity index (χ4v) is 2.11. The van der Waals surface area contributed by atoms with Crippen molar-refractivity contribution in [2.24, 2.45) is 0 Å². The maximum atomic E-state index is 11.0. The van der Waals surface area contributed by atoms with Crippen LogP contribution in [0.5, 0.6) is 5.75 Å². The number of fused-ring (bicyclic) bond motifs is 1. The van der Waals surface area contributed by atoms with Gasteiger partial charge in [0.15, 0.2) is 5.75 Å². The predicted octanol–water partition coefficient (Wildman–Crippen LogP) is 2.34. The van der Waals surface area contributed by atoms with Gasteiger partial charge in [-0.05, 0) is 28.9 Å². The minimum atomic E-state index is -1.04. The minimum absolute atomic E-state index is 0.102. The average molecular weight is 285 g/mol. The predicted molar refractivity (Wildman–Crippen MR) is 62.0 cm³/mol. The number of ether oxygens (including phenoxy) is 1. The average Bonchev–Trinajstić information content (AvgIpc) is 2.60. The van der Waals surface area contributed by atoms with E-state index in [2.05, 4.69) is 25.9 Å². The summed E-state index contributed by atoms with van der Waals surface area (Å²) in [7, 11) is 1.44. The van der Waals surface area contributed by atoms with E-state index in [0.29, 0.717) is 27.1 Å². The molecule has 0 spiro atoms. The van der Waals surface area contributed by atoms with Crippen molar-refractivity contribution in [3.63, 3.8) is 0 Å². The van der Waals surface area contributed by atoms with Crippen LogP contribution in [-0.2, 0) is 0 Å². The fourth-order valence-electron chi connectivity index (χ4n) is 1.59. The molecule has 5 nitrogen and oxygen atoms in total. The maximum Gasteiger partial charge on any atom is 0.339 e. The van der Waals surface area contributed by atoms with Gasteiger partial charge in [0.1, 0.15) is 22.4 Å². The Morgan fingerprint density at radius 3 is 2.88 bits per heavy atom. The molecule has 0 atom stereocenters. The molecule has 0 saturated carbocycles. The third kappa shape index (κ3) is 1.55. The summed E-state index contributed by atoms with van der Waals surface area (Å²) < 4.78 is 5.74. The van der Waals surface area contributed by atoms with Crippen LogP contribution in [0.3, 0.4) is 0 Å². The molecule has 2 aromatic rings. The summed E-state index contributed by atoms with van der Waals surface area (Å²) in [6.07, 6.45) is 0. The Hall–Kier alpha value is -1.56. The first-order valence-electron chi connectivity index (χ1n) is 4.50. The van der Waals surface area contributed by atoms with E-state index in [1.54, 1.807) is 6.92 Å². The number of imidazole rings is 1. The zero-order chi connectivity index (χ0) is 11.9. The standard InChI is InChI=1S/C10H9BrN2O3/c1-4-12-7-6(11)3-5(10(14)15)9(16-2)8(7)13-4/h3H,1-2H3,(H,12,13)(H,14,15). The summed E-state index contributed by atoms with van der Waals surface area (Å²) in [6, 6.07) is 1.49. The number of aryl methyl sites for hydroxylation is 1. The number of rotatable bonds is 2. The maximum absolute atomic E-state index is 11.0. The lowest BCUT2D eigenvalue weighted by Gasteiger charge is -2.06. The highest BCUT2D eigenvalue weighted by Gasteiger charge is 2.19. The number of carboxylic acids is 1. The summed E-state index contributed by atoms with van der Waals surface area (Å²) in [4.78, 5) is 18.3. The summed E-state index contributed by atoms with van der Waals surface area (Å²) in [6.45, 7) is 1.80. The number of aromatic amines is 1. The molecule has 1 aromatic carbocycles. The van der Waals surface area contributed by atoms with E-state index >= 15 is 0 Å². The van der Waals surface area contributed by atoms with Gasteiger partial charge < -0.3 is 14.8 Å². The third-order valence-electron chi connectivity index (χ3n) is 2.23. The van der Waals surface area contributed by atoms with Gasteiger partial charge in [0.25, 0.3) is 0 Å². The first-order chi connectivity index (χ1) is 7.54. The van der Waals surface area contributed by atoms with E-state index in [-0.39, 0.29) is 5.56 Å². The Morgan fingerprint density at radius 2 is 2.31 bits per heavy atom. The highest BCUT2D eigenvalue weighted by molar-refractivity contribution is 9.10. The molecular weight excluding hydrogens is 276 g/mol. The van der Waals surface area contributed by atoms with Crippen LogP contribution in [-0.4, -0.2) is 28.2 Å². The van der Waals surface area contributed by atoms with Crippen molar-refractivity contribution in [2.45, 2.75) is 6.92 Å². The van der Waals surface area contributed by atoms with Crippen LogP contribution in [0, 0.1) is 6.92 Å². The molecule has 0 aliphatic rings. The second kappa shape index (κ2) is 3.79. The van der Waals surface area contributed by atoms with Crippen molar-refractivity contribution in [3.05, 3.63) is 21.9 Å². The van der Waals surface area contributed by atoms with Gasteiger partial charge in [-0.25, -0.2) is 9.78 Å². The first-order valence-corrected chi connectivity index (χ1v) is 5.30. The van der Waals surface area contributed by atoms with Crippen LogP contribution in [0.25, 0.3) is 11.0 Å². The van der Waals surface area contributed by atoms with Crippen molar-refractivity contribution in [1.29, 1.82) is 0 Å². The lowest BCUT2D eigenvalue weighted by Crippen LogP contribution is -2.01. The number of hydrogen-bond donors (Lipinski definition) is 2. The van der Waals surface area contributed by atoms with E-state index in [0.717, 1.165) is 0 Å². The van der Waals surface area contributed by atoms with Gasteiger partial charge in [-0.15, -0.1) is 0 Å². The molecule has 0 fully saturated rings. The van der Waals surface area contributed by atoms with E-state index < -0.39 is 5.97 Å². The van der Waals surface area contributed by atoms with Crippen molar-refractivity contribution in [1.82, 2.24) is 9.97 Å². The number of nitrogens with zero attached hydrogens (tertiary/aromatic N) is 1. The zero-order valence-corrected chi connectivity index (χ0v) is 10.3. The number of methoxy groups -OCH3 is 1. The molecule has 1 heterocycles. The molecule has 16 heavy (non-hydrogen) atoms. The minimum Gasteiger partial charge on any atom is -0.494 e. The molecule has 0 radical (unpaired) electrons. The smallest absolute Gasteiger partial charge is 0.339 e. The van der Waals surface area contributed by atoms with Gasteiger partial charge in [0.2, 0.25) is 0 Å². The molecule has 2 rings (SSSR count). The summed E-state index contributed by atoms with van der Waals surface area (Å²) in [5.41, 5.74) is 1.36. The monoisotopic (exact) mass is 284 g/mol. The molecule has 0 aliphatic carbocycles. The number of halogens is 1. The number of carbonyl (C=O) groups is 1. The van der Waals surface area contributed by atoms with Crippen LogP contribution < -0.4 is 4.74 Å². The van der Waals surface area contributed by atoms with Gasteiger partial charge in [0, 0.05) is 4.47 Å². The van der Waals surface area contributed by atoms with Crippen molar-refractivity contribution >= 4 is 32.9 Å². The zero-order valence-electron chi connectivity index (χ0n) is 8.67. The Kier molecular flexibility index (Phi) is 2.59. The van der Waals surface area contributed by atoms with Crippen LogP contribution in [0.4, 0.5) is 0 Å². The number of aromatic carboxylic acids is 1. The quantitative estimate of drug-likeness (QED) is 0.888. The molecule has 6 heteroatoms.